The highest BCUT2D eigenvalue weighted by atomic mass is 32.1. The zero-order valence-electron chi connectivity index (χ0n) is 16.6. The number of aromatic nitrogens is 2. The summed E-state index contributed by atoms with van der Waals surface area (Å²) in [6.07, 6.45) is 5.92. The molecule has 3 aromatic rings. The number of piperidine rings is 2. The Kier molecular flexibility index (Phi) is 4.98. The molecule has 5 nitrogen and oxygen atoms in total. The summed E-state index contributed by atoms with van der Waals surface area (Å²) < 4.78 is 18.9. The summed E-state index contributed by atoms with van der Waals surface area (Å²) in [5.41, 5.74) is 2.62. The van der Waals surface area contributed by atoms with Crippen LogP contribution in [0, 0.1) is 18.7 Å². The second kappa shape index (κ2) is 7.80. The van der Waals surface area contributed by atoms with Gasteiger partial charge in [0.1, 0.15) is 17.4 Å². The first-order valence-corrected chi connectivity index (χ1v) is 11.0. The number of hydrogen-bond donors (Lipinski definition) is 0. The highest BCUT2D eigenvalue weighted by Crippen LogP contribution is 2.44. The summed E-state index contributed by atoms with van der Waals surface area (Å²) in [6, 6.07) is 9.04. The molecule has 3 aliphatic rings. The Balaban J connectivity index is 1.42. The van der Waals surface area contributed by atoms with Crippen molar-refractivity contribution in [2.24, 2.45) is 5.92 Å². The van der Waals surface area contributed by atoms with Gasteiger partial charge in [-0.25, -0.2) is 14.4 Å². The zero-order valence-corrected chi connectivity index (χ0v) is 17.4. The van der Waals surface area contributed by atoms with Crippen LogP contribution in [0.5, 0.6) is 5.88 Å². The van der Waals surface area contributed by atoms with Crippen molar-refractivity contribution in [3.8, 4) is 16.5 Å². The Bertz CT molecular complexity index is 1050. The van der Waals surface area contributed by atoms with Gasteiger partial charge in [-0.3, -0.25) is 4.79 Å². The van der Waals surface area contributed by atoms with Gasteiger partial charge in [-0.1, -0.05) is 17.7 Å². The fraction of sp³-hybridized carbons (Fsp3) is 0.348. The minimum Gasteiger partial charge on any atom is -0.475 e. The number of halogens is 1. The number of amides is 1. The lowest BCUT2D eigenvalue weighted by Gasteiger charge is -2.53. The van der Waals surface area contributed by atoms with Crippen LogP contribution < -0.4 is 4.74 Å². The van der Waals surface area contributed by atoms with E-state index in [0.29, 0.717) is 24.0 Å². The van der Waals surface area contributed by atoms with E-state index in [1.807, 2.05) is 35.4 Å². The van der Waals surface area contributed by atoms with Crippen molar-refractivity contribution in [2.45, 2.75) is 38.3 Å². The van der Waals surface area contributed by atoms with Gasteiger partial charge in [-0.2, -0.15) is 0 Å². The number of hydrogen-bond acceptors (Lipinski definition) is 5. The zero-order chi connectivity index (χ0) is 20.7. The molecule has 4 heterocycles. The summed E-state index contributed by atoms with van der Waals surface area (Å²) in [7, 11) is 0. The van der Waals surface area contributed by atoms with Crippen LogP contribution in [0.15, 0.2) is 48.1 Å². The third kappa shape index (κ3) is 3.58. The molecule has 30 heavy (non-hydrogen) atoms. The van der Waals surface area contributed by atoms with Gasteiger partial charge >= 0.3 is 0 Å². The van der Waals surface area contributed by atoms with Crippen molar-refractivity contribution in [2.75, 3.05) is 6.61 Å². The van der Waals surface area contributed by atoms with Gasteiger partial charge < -0.3 is 9.64 Å². The van der Waals surface area contributed by atoms with E-state index < -0.39 is 5.82 Å². The van der Waals surface area contributed by atoms with Crippen LogP contribution in [-0.4, -0.2) is 39.5 Å². The molecule has 154 valence electrons. The fourth-order valence-electron chi connectivity index (χ4n) is 4.54. The van der Waals surface area contributed by atoms with Crippen LogP contribution in [0.3, 0.4) is 0 Å². The average Bonchev–Trinajstić information content (AvgIpc) is 3.26. The number of pyridine rings is 1. The fourth-order valence-corrected chi connectivity index (χ4v) is 5.22. The number of aryl methyl sites for hydroxylation is 1. The second-order valence-corrected chi connectivity index (χ2v) is 9.00. The molecule has 2 aromatic heterocycles. The number of carbonyl (C=O) groups excluding carboxylic acids is 1. The largest absolute Gasteiger partial charge is 0.475 e. The SMILES string of the molecule is Cc1ccc(-c2nccs2)c(C(=O)N2C3CC(C3)C[C@@H]2COc2ccc(F)cn2)c1. The number of thiazole rings is 1. The second-order valence-electron chi connectivity index (χ2n) is 8.11. The van der Waals surface area contributed by atoms with Crippen molar-refractivity contribution in [1.82, 2.24) is 14.9 Å². The molecular formula is C23H22FN3O2S. The summed E-state index contributed by atoms with van der Waals surface area (Å²) in [4.78, 5) is 24.2. The van der Waals surface area contributed by atoms with E-state index in [9.17, 15) is 9.18 Å². The third-order valence-electron chi connectivity index (χ3n) is 6.03. The lowest BCUT2D eigenvalue weighted by molar-refractivity contribution is -0.0310. The smallest absolute Gasteiger partial charge is 0.255 e. The van der Waals surface area contributed by atoms with Crippen LogP contribution in [-0.2, 0) is 0 Å². The predicted molar refractivity (Wildman–Crippen MR) is 113 cm³/mol. The quantitative estimate of drug-likeness (QED) is 0.596. The molecular weight excluding hydrogens is 401 g/mol. The molecule has 1 amide bonds. The minimum atomic E-state index is -0.396. The monoisotopic (exact) mass is 423 g/mol. The first-order chi connectivity index (χ1) is 14.6. The van der Waals surface area contributed by atoms with Gasteiger partial charge in [0.15, 0.2) is 0 Å². The third-order valence-corrected chi connectivity index (χ3v) is 6.84. The molecule has 2 saturated heterocycles. The van der Waals surface area contributed by atoms with E-state index in [-0.39, 0.29) is 18.0 Å². The van der Waals surface area contributed by atoms with Gasteiger partial charge in [0.2, 0.25) is 5.88 Å². The Morgan fingerprint density at radius 1 is 1.23 bits per heavy atom. The maximum atomic E-state index is 13.8. The van der Waals surface area contributed by atoms with Crippen LogP contribution in [0.4, 0.5) is 4.39 Å². The Morgan fingerprint density at radius 2 is 2.10 bits per heavy atom. The number of nitrogens with zero attached hydrogens (tertiary/aromatic N) is 3. The first-order valence-electron chi connectivity index (χ1n) is 10.2. The Labute approximate surface area is 178 Å². The number of carbonyl (C=O) groups is 1. The molecule has 2 aliphatic heterocycles. The maximum absolute atomic E-state index is 13.8. The summed E-state index contributed by atoms with van der Waals surface area (Å²) in [6.45, 7) is 2.36. The Hall–Kier alpha value is -2.80. The summed E-state index contributed by atoms with van der Waals surface area (Å²) >= 11 is 1.53. The number of fused-ring (bicyclic) bond motifs is 2. The van der Waals surface area contributed by atoms with E-state index >= 15 is 0 Å². The maximum Gasteiger partial charge on any atom is 0.255 e. The molecule has 1 atom stereocenters. The number of benzene rings is 1. The first kappa shape index (κ1) is 19.2. The minimum absolute atomic E-state index is 0.0217. The molecule has 0 N–H and O–H groups in total. The van der Waals surface area contributed by atoms with Crippen LogP contribution in [0.25, 0.3) is 10.6 Å². The van der Waals surface area contributed by atoms with Gasteiger partial charge in [0, 0.05) is 29.2 Å². The highest BCUT2D eigenvalue weighted by Gasteiger charge is 2.47. The van der Waals surface area contributed by atoms with Crippen LogP contribution >= 0.6 is 11.3 Å². The van der Waals surface area contributed by atoms with Gasteiger partial charge in [-0.05, 0) is 44.2 Å². The average molecular weight is 424 g/mol. The normalized spacial score (nSPS) is 22.5. The molecule has 1 aromatic carbocycles. The predicted octanol–water partition coefficient (Wildman–Crippen LogP) is 4.72. The van der Waals surface area contributed by atoms with E-state index in [1.54, 1.807) is 6.20 Å². The highest BCUT2D eigenvalue weighted by molar-refractivity contribution is 7.13. The van der Waals surface area contributed by atoms with E-state index in [1.165, 1.54) is 23.5 Å². The van der Waals surface area contributed by atoms with Crippen LogP contribution in [0.1, 0.15) is 35.2 Å². The van der Waals surface area contributed by atoms with Crippen molar-refractivity contribution in [1.29, 1.82) is 0 Å². The molecule has 0 spiro atoms. The van der Waals surface area contributed by atoms with Crippen molar-refractivity contribution in [3.05, 3.63) is 65.0 Å². The summed E-state index contributed by atoms with van der Waals surface area (Å²) in [5, 5.41) is 2.78. The molecule has 7 heteroatoms. The Morgan fingerprint density at radius 3 is 2.83 bits per heavy atom. The molecule has 1 aliphatic carbocycles. The van der Waals surface area contributed by atoms with Gasteiger partial charge in [-0.15, -0.1) is 11.3 Å². The molecule has 2 bridgehead atoms. The van der Waals surface area contributed by atoms with E-state index in [0.717, 1.165) is 41.6 Å². The van der Waals surface area contributed by atoms with Crippen molar-refractivity contribution in [3.63, 3.8) is 0 Å². The molecule has 0 unspecified atom stereocenters. The number of ether oxygens (including phenoxy) is 1. The standard InChI is InChI=1S/C23H22FN3O2S/c1-14-2-4-19(22-25-6-7-30-22)20(8-14)23(28)27-17-9-15(10-17)11-18(27)13-29-21-5-3-16(24)12-26-21/h2-8,12,15,17-18H,9-11,13H2,1H3/t15?,17?,18-/m1/s1. The van der Waals surface area contributed by atoms with E-state index in [2.05, 4.69) is 9.97 Å². The van der Waals surface area contributed by atoms with E-state index in [4.69, 9.17) is 4.74 Å². The molecule has 1 saturated carbocycles. The van der Waals surface area contributed by atoms with Gasteiger partial charge in [0.25, 0.3) is 5.91 Å². The molecule has 0 radical (unpaired) electrons. The van der Waals surface area contributed by atoms with Crippen molar-refractivity contribution >= 4 is 17.2 Å². The number of rotatable bonds is 5. The molecule has 6 rings (SSSR count). The van der Waals surface area contributed by atoms with Crippen molar-refractivity contribution < 1.29 is 13.9 Å². The van der Waals surface area contributed by atoms with Gasteiger partial charge in [0.05, 0.1) is 17.8 Å². The molecule has 3 fully saturated rings. The summed E-state index contributed by atoms with van der Waals surface area (Å²) in [5.74, 6) is 0.659. The lowest BCUT2D eigenvalue weighted by atomic mass is 9.70. The topological polar surface area (TPSA) is 55.3 Å². The van der Waals surface area contributed by atoms with Crippen LogP contribution in [0.2, 0.25) is 0 Å². The lowest BCUT2D eigenvalue weighted by Crippen LogP contribution is -2.60.